The molecule has 3 saturated heterocycles. The van der Waals surface area contributed by atoms with Gasteiger partial charge in [0.15, 0.2) is 0 Å². The maximum absolute atomic E-state index is 14.8. The Morgan fingerprint density at radius 1 is 0.931 bits per heavy atom. The Balaban J connectivity index is 0.000000341. The number of imidazole rings is 1. The smallest absolute Gasteiger partial charge is 0.545 e. The molecular formula is C54H73Cl2FN7NaO7-2. The molecule has 4 fully saturated rings. The molecule has 0 radical (unpaired) electrons. The molecule has 4 heterocycles. The van der Waals surface area contributed by atoms with E-state index in [4.69, 9.17) is 37.9 Å². The Kier molecular flexibility index (Phi) is 27.5. The molecule has 3 aromatic carbocycles. The van der Waals surface area contributed by atoms with Crippen LogP contribution < -0.4 is 51.2 Å². The van der Waals surface area contributed by atoms with Crippen LogP contribution in [0.3, 0.4) is 0 Å². The van der Waals surface area contributed by atoms with Gasteiger partial charge in [-0.25, -0.2) is 9.18 Å². The molecule has 18 heteroatoms. The Bertz CT molecular complexity index is 2400. The third-order valence-electron chi connectivity index (χ3n) is 14.1. The fourth-order valence-electron chi connectivity index (χ4n) is 10.4. The molecule has 72 heavy (non-hydrogen) atoms. The van der Waals surface area contributed by atoms with Gasteiger partial charge in [-0.1, -0.05) is 92.9 Å². The standard InChI is InChI=1S/C28H41N5O3.C22H23Cl2FN2O.C2H6.CH2O2.CHO.Na/c1-4-21(5-2)20-32-17-15-31(16-18-32)14-8-6-7-9-22-10-11-23-25(19-22)30(3)28(36)33(23)24-12-13-26(34)29-27(24)35;23-14-6-4-7-15(12-14)27-21(28)19-17(16-8-5-9-18(24)20(16)25)13-26-22(19)10-2-1-3-11-22;1-2;2-1-3;1-2;/h10-11,19,21,24H,1-2,4-9,12-18,20H2,3H3,(H,29,34,35);4-9,12,17,19,26H,1-3,10-11,13H2,(H,27,28);1-2H3;1H,(H,2,3);1H;/q-2;;;;-1;+1. The van der Waals surface area contributed by atoms with Crippen molar-refractivity contribution in [3.8, 4) is 0 Å². The van der Waals surface area contributed by atoms with Gasteiger partial charge in [0.1, 0.15) is 11.9 Å². The van der Waals surface area contributed by atoms with Crippen LogP contribution in [0, 0.1) is 31.5 Å². The molecule has 8 rings (SSSR count). The molecule has 390 valence electrons. The number of rotatable bonds is 14. The second-order valence-electron chi connectivity index (χ2n) is 18.3. The van der Waals surface area contributed by atoms with E-state index in [2.05, 4.69) is 58.5 Å². The van der Waals surface area contributed by atoms with E-state index in [1.807, 2.05) is 26.0 Å². The zero-order chi connectivity index (χ0) is 52.1. The molecule has 4 N–H and O–H groups in total. The molecule has 4 aliphatic rings. The Hall–Kier alpha value is -3.93. The van der Waals surface area contributed by atoms with Crippen LogP contribution in [0.25, 0.3) is 11.0 Å². The number of unbranched alkanes of at least 4 members (excludes halogenated alkanes) is 2. The van der Waals surface area contributed by atoms with Crippen molar-refractivity contribution in [3.05, 3.63) is 112 Å². The van der Waals surface area contributed by atoms with Gasteiger partial charge in [-0.05, 0) is 99.1 Å². The first-order chi connectivity index (χ1) is 34.3. The minimum atomic E-state index is -0.639. The van der Waals surface area contributed by atoms with Gasteiger partial charge in [0.25, 0.3) is 6.47 Å². The quantitative estimate of drug-likeness (QED) is 0.0389. The van der Waals surface area contributed by atoms with Crippen LogP contribution in [0.1, 0.15) is 114 Å². The normalized spacial score (nSPS) is 19.5. The van der Waals surface area contributed by atoms with Crippen molar-refractivity contribution in [1.29, 1.82) is 0 Å². The number of nitrogens with one attached hydrogen (secondary N) is 3. The SMILES string of the molecule is CC.O=C(Nc1cccc(Cl)c1)C1C(c2cccc(Cl)c2F)CNC12CCCCC2.O=CO.[CH-]=O.[CH2-]CC(C[CH2-])CN1CCN(CCCCCc2ccc3c(c2)n(C)c(=O)n3C2CCC(=O)NC2=O)CC1.[Na+]. The maximum atomic E-state index is 14.8. The number of piperazine rings is 1. The largest absolute Gasteiger partial charge is 1.00 e. The third kappa shape index (κ3) is 16.5. The molecule has 3 amide bonds. The minimum absolute atomic E-state index is 0. The topological polar surface area (TPSA) is 175 Å². The van der Waals surface area contributed by atoms with Gasteiger partial charge in [0.2, 0.25) is 17.7 Å². The van der Waals surface area contributed by atoms with Crippen molar-refractivity contribution < 1.29 is 63.0 Å². The number of fused-ring (bicyclic) bond motifs is 1. The number of piperidine rings is 1. The first kappa shape index (κ1) is 62.4. The first-order valence-electron chi connectivity index (χ1n) is 25.0. The van der Waals surface area contributed by atoms with E-state index in [9.17, 15) is 23.6 Å². The summed E-state index contributed by atoms with van der Waals surface area (Å²) in [4.78, 5) is 71.5. The summed E-state index contributed by atoms with van der Waals surface area (Å²) in [5.74, 6) is -1.22. The number of carbonyl (C=O) groups is 4. The van der Waals surface area contributed by atoms with Gasteiger partial charge >= 0.3 is 35.2 Å². The van der Waals surface area contributed by atoms with Gasteiger partial charge in [0.05, 0.1) is 22.0 Å². The van der Waals surface area contributed by atoms with E-state index < -0.39 is 17.8 Å². The van der Waals surface area contributed by atoms with Gasteiger partial charge in [-0.2, -0.15) is 12.8 Å². The van der Waals surface area contributed by atoms with E-state index in [0.717, 1.165) is 102 Å². The molecule has 3 atom stereocenters. The van der Waals surface area contributed by atoms with Crippen LogP contribution in [0.15, 0.2) is 65.5 Å². The number of anilines is 1. The zero-order valence-corrected chi connectivity index (χ0v) is 46.1. The monoisotopic (exact) mass is 1040 g/mol. The molecule has 4 aromatic rings. The van der Waals surface area contributed by atoms with Crippen molar-refractivity contribution in [2.75, 3.05) is 51.1 Å². The number of aryl methyl sites for hydroxylation is 2. The Morgan fingerprint density at radius 3 is 2.22 bits per heavy atom. The second-order valence-corrected chi connectivity index (χ2v) is 19.2. The van der Waals surface area contributed by atoms with Crippen LogP contribution in [0.4, 0.5) is 10.1 Å². The summed E-state index contributed by atoms with van der Waals surface area (Å²) in [5, 5.41) is 16.5. The number of carboxylic acid groups (broad SMARTS) is 1. The van der Waals surface area contributed by atoms with Crippen molar-refractivity contribution in [2.45, 2.75) is 115 Å². The molecule has 1 saturated carbocycles. The molecule has 1 aromatic heterocycles. The number of halogens is 3. The van der Waals surface area contributed by atoms with Gasteiger partial charge in [-0.3, -0.25) is 40.4 Å². The van der Waals surface area contributed by atoms with E-state index in [0.29, 0.717) is 35.2 Å². The number of carbonyl (C=O) groups excluding carboxylic acids is 4. The predicted molar refractivity (Wildman–Crippen MR) is 281 cm³/mol. The van der Waals surface area contributed by atoms with Crippen molar-refractivity contribution in [1.82, 2.24) is 29.6 Å². The minimum Gasteiger partial charge on any atom is -0.545 e. The second kappa shape index (κ2) is 31.7. The van der Waals surface area contributed by atoms with Crippen LogP contribution in [0.2, 0.25) is 10.0 Å². The van der Waals surface area contributed by atoms with E-state index in [1.54, 1.807) is 52.6 Å². The summed E-state index contributed by atoms with van der Waals surface area (Å²) in [6.45, 7) is 22.5. The summed E-state index contributed by atoms with van der Waals surface area (Å²) in [7, 11) is 1.75. The Labute approximate surface area is 457 Å². The molecule has 14 nitrogen and oxygen atoms in total. The number of imide groups is 1. The predicted octanol–water partition coefficient (Wildman–Crippen LogP) is 5.95. The summed E-state index contributed by atoms with van der Waals surface area (Å²) >= 11 is 12.1. The fraction of sp³-hybridized carbons (Fsp3) is 0.519. The number of aromatic nitrogens is 2. The van der Waals surface area contributed by atoms with E-state index in [1.165, 1.54) is 24.8 Å². The van der Waals surface area contributed by atoms with Crippen molar-refractivity contribution >= 4 is 70.9 Å². The molecule has 3 unspecified atom stereocenters. The van der Waals surface area contributed by atoms with Crippen LogP contribution >= 0.6 is 23.2 Å². The van der Waals surface area contributed by atoms with Gasteiger partial charge in [0, 0.05) is 68.4 Å². The number of hydrogen-bond acceptors (Lipinski definition) is 9. The van der Waals surface area contributed by atoms with Crippen molar-refractivity contribution in [2.24, 2.45) is 18.9 Å². The van der Waals surface area contributed by atoms with Crippen LogP contribution in [-0.2, 0) is 37.4 Å². The van der Waals surface area contributed by atoms with E-state index >= 15 is 0 Å². The number of amides is 3. The summed E-state index contributed by atoms with van der Waals surface area (Å²) in [6.07, 6.45) is 12.1. The summed E-state index contributed by atoms with van der Waals surface area (Å²) < 4.78 is 18.0. The van der Waals surface area contributed by atoms with Crippen molar-refractivity contribution in [3.63, 3.8) is 0 Å². The van der Waals surface area contributed by atoms with Gasteiger partial charge < -0.3 is 44.2 Å². The average molecular weight is 1050 g/mol. The first-order valence-corrected chi connectivity index (χ1v) is 25.7. The number of hydrogen-bond donors (Lipinski definition) is 4. The Morgan fingerprint density at radius 2 is 1.58 bits per heavy atom. The molecule has 3 aliphatic heterocycles. The van der Waals surface area contributed by atoms with E-state index in [-0.39, 0.29) is 82.4 Å². The van der Waals surface area contributed by atoms with Crippen LogP contribution in [0.5, 0.6) is 0 Å². The number of nitrogens with zero attached hydrogens (tertiary/aromatic N) is 4. The van der Waals surface area contributed by atoms with Gasteiger partial charge in [-0.15, -0.1) is 0 Å². The number of benzene rings is 3. The molecule has 0 bridgehead atoms. The molecule has 1 spiro atoms. The zero-order valence-electron chi connectivity index (χ0n) is 42.6. The maximum Gasteiger partial charge on any atom is 1.00 e. The summed E-state index contributed by atoms with van der Waals surface area (Å²) in [5.41, 5.74) is 3.42. The van der Waals surface area contributed by atoms with Crippen LogP contribution in [-0.4, -0.2) is 106 Å². The third-order valence-corrected chi connectivity index (χ3v) is 14.6. The summed E-state index contributed by atoms with van der Waals surface area (Å²) in [6, 6.07) is 17.6. The molecule has 1 aliphatic carbocycles. The molecular weight excluding hydrogens is 972 g/mol. The average Bonchev–Trinajstić information content (AvgIpc) is 3.85. The fourth-order valence-corrected chi connectivity index (χ4v) is 10.8.